The van der Waals surface area contributed by atoms with Gasteiger partial charge in [0.2, 0.25) is 0 Å². The lowest BCUT2D eigenvalue weighted by molar-refractivity contribution is 0.0461. The Morgan fingerprint density at radius 1 is 1.54 bits per heavy atom. The molecule has 0 bridgehead atoms. The van der Waals surface area contributed by atoms with Crippen molar-refractivity contribution in [2.45, 2.75) is 32.4 Å². The monoisotopic (exact) mass is 206 g/mol. The standard InChI is InChI=1S/C8H15ClN2O2/c1-8(2,3)13-7(12)10-6-4-11(9)5-6/h6H,4-5H2,1-3H3,(H,10,12). The number of alkyl carbamates (subject to hydrolysis) is 1. The maximum atomic E-state index is 11.2. The van der Waals surface area contributed by atoms with Gasteiger partial charge in [-0.3, -0.25) is 0 Å². The fraction of sp³-hybridized carbons (Fsp3) is 0.875. The normalized spacial score (nSPS) is 19.4. The molecule has 0 aliphatic carbocycles. The molecule has 0 unspecified atom stereocenters. The van der Waals surface area contributed by atoms with E-state index >= 15 is 0 Å². The van der Waals surface area contributed by atoms with Crippen LogP contribution in [0, 0.1) is 0 Å². The first kappa shape index (κ1) is 10.6. The van der Waals surface area contributed by atoms with Crippen molar-refractivity contribution in [1.29, 1.82) is 0 Å². The van der Waals surface area contributed by atoms with Gasteiger partial charge in [-0.05, 0) is 32.5 Å². The number of hydrogen-bond donors (Lipinski definition) is 1. The van der Waals surface area contributed by atoms with Crippen LogP contribution in [-0.2, 0) is 4.74 Å². The van der Waals surface area contributed by atoms with Gasteiger partial charge in [0.15, 0.2) is 0 Å². The van der Waals surface area contributed by atoms with E-state index in [0.717, 1.165) is 0 Å². The molecule has 1 N–H and O–H groups in total. The van der Waals surface area contributed by atoms with Crippen molar-refractivity contribution < 1.29 is 9.53 Å². The average molecular weight is 207 g/mol. The lowest BCUT2D eigenvalue weighted by Crippen LogP contribution is -2.56. The summed E-state index contributed by atoms with van der Waals surface area (Å²) in [6, 6.07) is 0.132. The molecule has 1 fully saturated rings. The van der Waals surface area contributed by atoms with E-state index in [1.54, 1.807) is 4.42 Å². The lowest BCUT2D eigenvalue weighted by Gasteiger charge is -2.34. The zero-order valence-corrected chi connectivity index (χ0v) is 8.89. The molecular weight excluding hydrogens is 192 g/mol. The van der Waals surface area contributed by atoms with Gasteiger partial charge >= 0.3 is 6.09 Å². The van der Waals surface area contributed by atoms with Crippen molar-refractivity contribution in [3.05, 3.63) is 0 Å². The lowest BCUT2D eigenvalue weighted by atomic mass is 10.2. The molecule has 0 aromatic rings. The summed E-state index contributed by atoms with van der Waals surface area (Å²) in [7, 11) is 0. The first-order valence-corrected chi connectivity index (χ1v) is 4.61. The largest absolute Gasteiger partial charge is 0.444 e. The summed E-state index contributed by atoms with van der Waals surface area (Å²) in [5.41, 5.74) is -0.436. The van der Waals surface area contributed by atoms with Crippen LogP contribution in [0.1, 0.15) is 20.8 Å². The first-order chi connectivity index (χ1) is 5.87. The SMILES string of the molecule is CC(C)(C)OC(=O)NC1CN(Cl)C1. The fourth-order valence-corrected chi connectivity index (χ4v) is 1.32. The highest BCUT2D eigenvalue weighted by Crippen LogP contribution is 2.11. The number of halogens is 1. The van der Waals surface area contributed by atoms with E-state index in [1.165, 1.54) is 0 Å². The van der Waals surface area contributed by atoms with Crippen LogP contribution in [0.3, 0.4) is 0 Å². The van der Waals surface area contributed by atoms with Gasteiger partial charge in [-0.25, -0.2) is 9.21 Å². The number of amides is 1. The van der Waals surface area contributed by atoms with Gasteiger partial charge < -0.3 is 10.1 Å². The van der Waals surface area contributed by atoms with E-state index in [2.05, 4.69) is 5.32 Å². The number of nitrogens with one attached hydrogen (secondary N) is 1. The van der Waals surface area contributed by atoms with E-state index in [0.29, 0.717) is 13.1 Å². The molecule has 1 aliphatic rings. The Hall–Kier alpha value is -0.480. The molecule has 0 aromatic carbocycles. The Kier molecular flexibility index (Phi) is 3.03. The zero-order chi connectivity index (χ0) is 10.1. The molecule has 76 valence electrons. The molecule has 0 saturated carbocycles. The Labute approximate surface area is 83.3 Å². The molecule has 1 heterocycles. The second-order valence-electron chi connectivity index (χ2n) is 4.17. The van der Waals surface area contributed by atoms with Gasteiger partial charge in [0.25, 0.3) is 0 Å². The van der Waals surface area contributed by atoms with E-state index in [4.69, 9.17) is 16.5 Å². The van der Waals surface area contributed by atoms with Crippen LogP contribution in [0.15, 0.2) is 0 Å². The number of nitrogens with zero attached hydrogens (tertiary/aromatic N) is 1. The van der Waals surface area contributed by atoms with Crippen LogP contribution < -0.4 is 5.32 Å². The van der Waals surface area contributed by atoms with Gasteiger partial charge in [-0.2, -0.15) is 0 Å². The number of carbonyl (C=O) groups is 1. The van der Waals surface area contributed by atoms with E-state index in [1.807, 2.05) is 20.8 Å². The molecule has 1 saturated heterocycles. The Morgan fingerprint density at radius 3 is 2.46 bits per heavy atom. The van der Waals surface area contributed by atoms with Crippen molar-refractivity contribution in [1.82, 2.24) is 9.74 Å². The number of hydrogen-bond acceptors (Lipinski definition) is 3. The van der Waals surface area contributed by atoms with Crippen molar-refractivity contribution in [2.75, 3.05) is 13.1 Å². The molecule has 1 aliphatic heterocycles. The topological polar surface area (TPSA) is 41.6 Å². The third-order valence-electron chi connectivity index (χ3n) is 1.56. The van der Waals surface area contributed by atoms with Crippen LogP contribution in [0.2, 0.25) is 0 Å². The van der Waals surface area contributed by atoms with Gasteiger partial charge in [0.05, 0.1) is 6.04 Å². The van der Waals surface area contributed by atoms with Gasteiger partial charge in [-0.15, -0.1) is 0 Å². The molecule has 0 aromatic heterocycles. The van der Waals surface area contributed by atoms with Crippen molar-refractivity contribution in [3.63, 3.8) is 0 Å². The highest BCUT2D eigenvalue weighted by atomic mass is 35.5. The summed E-state index contributed by atoms with van der Waals surface area (Å²) in [5.74, 6) is 0. The maximum absolute atomic E-state index is 11.2. The third kappa shape index (κ3) is 3.83. The first-order valence-electron chi connectivity index (χ1n) is 4.27. The van der Waals surface area contributed by atoms with Crippen LogP contribution in [0.4, 0.5) is 4.79 Å². The number of carbonyl (C=O) groups excluding carboxylic acids is 1. The number of rotatable bonds is 1. The highest BCUT2D eigenvalue weighted by Gasteiger charge is 2.28. The zero-order valence-electron chi connectivity index (χ0n) is 8.13. The third-order valence-corrected chi connectivity index (χ3v) is 1.83. The summed E-state index contributed by atoms with van der Waals surface area (Å²) >= 11 is 5.60. The van der Waals surface area contributed by atoms with Crippen LogP contribution >= 0.6 is 11.8 Å². The summed E-state index contributed by atoms with van der Waals surface area (Å²) < 4.78 is 6.68. The molecule has 1 amide bonds. The molecule has 1 rings (SSSR count). The smallest absolute Gasteiger partial charge is 0.407 e. The molecule has 5 heteroatoms. The minimum Gasteiger partial charge on any atom is -0.444 e. The van der Waals surface area contributed by atoms with Crippen molar-refractivity contribution in [3.8, 4) is 0 Å². The molecule has 4 nitrogen and oxygen atoms in total. The van der Waals surface area contributed by atoms with E-state index in [-0.39, 0.29) is 12.1 Å². The summed E-state index contributed by atoms with van der Waals surface area (Å²) in [5, 5.41) is 2.72. The van der Waals surface area contributed by atoms with Crippen molar-refractivity contribution in [2.24, 2.45) is 0 Å². The molecule has 0 spiro atoms. The Bertz CT molecular complexity index is 197. The molecule has 0 radical (unpaired) electrons. The summed E-state index contributed by atoms with van der Waals surface area (Å²) in [6.45, 7) is 6.87. The molecular formula is C8H15ClN2O2. The fourth-order valence-electron chi connectivity index (χ4n) is 0.990. The highest BCUT2D eigenvalue weighted by molar-refractivity contribution is 6.13. The minimum atomic E-state index is -0.436. The second-order valence-corrected chi connectivity index (χ2v) is 4.65. The maximum Gasteiger partial charge on any atom is 0.407 e. The van der Waals surface area contributed by atoms with Gasteiger partial charge in [-0.1, -0.05) is 0 Å². The average Bonchev–Trinajstić information content (AvgIpc) is 1.79. The van der Waals surface area contributed by atoms with Crippen LogP contribution in [0.5, 0.6) is 0 Å². The number of ether oxygens (including phenoxy) is 1. The van der Waals surface area contributed by atoms with E-state index in [9.17, 15) is 4.79 Å². The predicted molar refractivity (Wildman–Crippen MR) is 50.6 cm³/mol. The Morgan fingerprint density at radius 2 is 2.08 bits per heavy atom. The van der Waals surface area contributed by atoms with Crippen LogP contribution in [0.25, 0.3) is 0 Å². The second kappa shape index (κ2) is 3.72. The Balaban J connectivity index is 2.19. The quantitative estimate of drug-likeness (QED) is 0.659. The van der Waals surface area contributed by atoms with Crippen LogP contribution in [-0.4, -0.2) is 35.2 Å². The summed E-state index contributed by atoms with van der Waals surface area (Å²) in [4.78, 5) is 11.2. The molecule has 0 atom stereocenters. The minimum absolute atomic E-state index is 0.132. The van der Waals surface area contributed by atoms with E-state index < -0.39 is 5.60 Å². The van der Waals surface area contributed by atoms with Gasteiger partial charge in [0.1, 0.15) is 5.60 Å². The van der Waals surface area contributed by atoms with Gasteiger partial charge in [0, 0.05) is 13.1 Å². The summed E-state index contributed by atoms with van der Waals surface area (Å²) in [6.07, 6.45) is -0.373. The molecule has 13 heavy (non-hydrogen) atoms. The predicted octanol–water partition coefficient (Wildman–Crippen LogP) is 1.35. The van der Waals surface area contributed by atoms with Crippen molar-refractivity contribution >= 4 is 17.9 Å².